The minimum Gasteiger partial charge on any atom is -0.569 e. The van der Waals surface area contributed by atoms with Gasteiger partial charge in [-0.3, -0.25) is 9.59 Å². The summed E-state index contributed by atoms with van der Waals surface area (Å²) in [6.07, 6.45) is 1.13. The van der Waals surface area contributed by atoms with E-state index in [-0.39, 0.29) is 11.5 Å². The first-order valence-corrected chi connectivity index (χ1v) is 5.42. The van der Waals surface area contributed by atoms with Crippen LogP contribution in [0, 0.1) is 11.1 Å². The third-order valence-electron chi connectivity index (χ3n) is 2.43. The van der Waals surface area contributed by atoms with Gasteiger partial charge in [-0.15, -0.1) is 5.01 Å². The Morgan fingerprint density at radius 1 is 1.61 bits per heavy atom. The number of carboxylic acid groups (broad SMARTS) is 1. The number of ether oxygens (including phenoxy) is 1. The van der Waals surface area contributed by atoms with Crippen LogP contribution < -0.4 is 0 Å². The van der Waals surface area contributed by atoms with Gasteiger partial charge in [0.15, 0.2) is 0 Å². The highest BCUT2D eigenvalue weighted by Gasteiger charge is 2.29. The highest BCUT2D eigenvalue weighted by atomic mass is 16.8. The number of hydrazine groups is 1. The first kappa shape index (κ1) is 14.0. The van der Waals surface area contributed by atoms with E-state index in [1.807, 2.05) is 0 Å². The highest BCUT2D eigenvalue weighted by molar-refractivity contribution is 5.70. The van der Waals surface area contributed by atoms with E-state index in [2.05, 4.69) is 14.9 Å². The van der Waals surface area contributed by atoms with Gasteiger partial charge in [-0.2, -0.15) is 0 Å². The predicted molar refractivity (Wildman–Crippen MR) is 55.7 cm³/mol. The Morgan fingerprint density at radius 3 is 2.94 bits per heavy atom. The molecule has 1 fully saturated rings. The third kappa shape index (κ3) is 4.44. The maximum Gasteiger partial charge on any atom is 0.308 e. The smallest absolute Gasteiger partial charge is 0.308 e. The normalized spacial score (nSPS) is 20.4. The average Bonchev–Trinajstić information content (AvgIpc) is 2.34. The van der Waals surface area contributed by atoms with Crippen molar-refractivity contribution < 1.29 is 29.2 Å². The minimum atomic E-state index is -0.936. The molecule has 9 heteroatoms. The first-order chi connectivity index (χ1) is 8.50. The standard InChI is InChI=1S/C9H15N3O6/c1-7(13)17-6-18-10-12(16)11-4-2-3-8(5-11)9(14)15/h8H,2-6H2,1H3,(H,14,15)/b12-10+. The number of hydrogen-bond donors (Lipinski definition) is 1. The molecule has 0 amide bonds. The van der Waals surface area contributed by atoms with Crippen LogP contribution in [0.5, 0.6) is 0 Å². The lowest BCUT2D eigenvalue weighted by molar-refractivity contribution is -0.714. The Balaban J connectivity index is 2.40. The number of aliphatic carboxylic acids is 1. The van der Waals surface area contributed by atoms with Crippen molar-refractivity contribution in [1.29, 1.82) is 0 Å². The third-order valence-corrected chi connectivity index (χ3v) is 2.43. The van der Waals surface area contributed by atoms with Gasteiger partial charge in [0.1, 0.15) is 0 Å². The number of hydrogen-bond acceptors (Lipinski definition) is 6. The van der Waals surface area contributed by atoms with Crippen LogP contribution in [0.15, 0.2) is 5.28 Å². The summed E-state index contributed by atoms with van der Waals surface area (Å²) in [6, 6.07) is 0. The summed E-state index contributed by atoms with van der Waals surface area (Å²) in [7, 11) is 0. The fraction of sp³-hybridized carbons (Fsp3) is 0.778. The fourth-order valence-electron chi connectivity index (χ4n) is 1.55. The van der Waals surface area contributed by atoms with E-state index < -0.39 is 24.6 Å². The summed E-state index contributed by atoms with van der Waals surface area (Å²) in [5.74, 6) is -2.07. The lowest BCUT2D eigenvalue weighted by atomic mass is 10.00. The topological polar surface area (TPSA) is 114 Å². The monoisotopic (exact) mass is 261 g/mol. The van der Waals surface area contributed by atoms with Gasteiger partial charge >= 0.3 is 11.9 Å². The lowest BCUT2D eigenvalue weighted by Gasteiger charge is -2.26. The van der Waals surface area contributed by atoms with Crippen molar-refractivity contribution in [1.82, 2.24) is 5.01 Å². The molecule has 1 N–H and O–H groups in total. The second-order valence-corrected chi connectivity index (χ2v) is 3.81. The van der Waals surface area contributed by atoms with Crippen molar-refractivity contribution in [2.24, 2.45) is 11.2 Å². The van der Waals surface area contributed by atoms with Crippen molar-refractivity contribution in [3.05, 3.63) is 5.21 Å². The summed E-state index contributed by atoms with van der Waals surface area (Å²) in [5.41, 5.74) is 0. The van der Waals surface area contributed by atoms with E-state index in [1.54, 1.807) is 0 Å². The molecule has 1 heterocycles. The minimum absolute atomic E-state index is 0.0826. The molecule has 0 spiro atoms. The number of carbonyl (C=O) groups excluding carboxylic acids is 1. The molecule has 9 nitrogen and oxygen atoms in total. The van der Waals surface area contributed by atoms with Crippen LogP contribution in [0.25, 0.3) is 0 Å². The van der Waals surface area contributed by atoms with Gasteiger partial charge in [0.2, 0.25) is 5.28 Å². The molecule has 0 aromatic rings. The molecule has 1 unspecified atom stereocenters. The number of carbonyl (C=O) groups is 2. The molecule has 0 aromatic heterocycles. The molecule has 0 saturated carbocycles. The van der Waals surface area contributed by atoms with Crippen LogP contribution in [0.3, 0.4) is 0 Å². The molecule has 0 radical (unpaired) electrons. The van der Waals surface area contributed by atoms with Crippen molar-refractivity contribution >= 4 is 11.9 Å². The maximum absolute atomic E-state index is 11.4. The maximum atomic E-state index is 11.4. The number of carboxylic acids is 1. The average molecular weight is 261 g/mol. The fourth-order valence-corrected chi connectivity index (χ4v) is 1.55. The van der Waals surface area contributed by atoms with Gasteiger partial charge in [-0.1, -0.05) is 0 Å². The Morgan fingerprint density at radius 2 is 2.33 bits per heavy atom. The van der Waals surface area contributed by atoms with Gasteiger partial charge in [-0.25, -0.2) is 0 Å². The van der Waals surface area contributed by atoms with Crippen molar-refractivity contribution in [3.8, 4) is 0 Å². The molecule has 0 bridgehead atoms. The number of rotatable bonds is 5. The Kier molecular flexibility index (Phi) is 5.15. The van der Waals surface area contributed by atoms with Gasteiger partial charge in [0.05, 0.1) is 24.0 Å². The highest BCUT2D eigenvalue weighted by Crippen LogP contribution is 2.16. The van der Waals surface area contributed by atoms with Crippen LogP contribution in [-0.2, 0) is 19.2 Å². The SMILES string of the molecule is CC(=O)OCO/N=[N+](/[O-])N1CCCC(C(=O)O)C1. The zero-order chi connectivity index (χ0) is 13.5. The van der Waals surface area contributed by atoms with Crippen molar-refractivity contribution in [2.75, 3.05) is 19.9 Å². The largest absolute Gasteiger partial charge is 0.569 e. The summed E-state index contributed by atoms with van der Waals surface area (Å²) in [4.78, 5) is 25.8. The van der Waals surface area contributed by atoms with E-state index in [4.69, 9.17) is 5.11 Å². The molecule has 102 valence electrons. The van der Waals surface area contributed by atoms with E-state index >= 15 is 0 Å². The zero-order valence-electron chi connectivity index (χ0n) is 9.94. The van der Waals surface area contributed by atoms with Crippen LogP contribution in [-0.4, -0.2) is 46.9 Å². The van der Waals surface area contributed by atoms with Crippen LogP contribution in [0.4, 0.5) is 0 Å². The molecular weight excluding hydrogens is 246 g/mol. The molecule has 1 atom stereocenters. The quantitative estimate of drug-likeness (QED) is 0.186. The molecule has 1 saturated heterocycles. The van der Waals surface area contributed by atoms with Crippen molar-refractivity contribution in [2.45, 2.75) is 19.8 Å². The van der Waals surface area contributed by atoms with Gasteiger partial charge in [0, 0.05) is 6.92 Å². The van der Waals surface area contributed by atoms with E-state index in [0.717, 1.165) is 0 Å². The second kappa shape index (κ2) is 6.62. The summed E-state index contributed by atoms with van der Waals surface area (Å²) in [6.45, 7) is 1.23. The molecule has 1 aliphatic rings. The van der Waals surface area contributed by atoms with Crippen LogP contribution >= 0.6 is 0 Å². The summed E-state index contributed by atoms with van der Waals surface area (Å²) >= 11 is 0. The predicted octanol–water partition coefficient (Wildman–Crippen LogP) is 0.113. The summed E-state index contributed by atoms with van der Waals surface area (Å²) < 4.78 is 4.41. The number of piperidine rings is 1. The van der Waals surface area contributed by atoms with Crippen LogP contribution in [0.2, 0.25) is 0 Å². The molecule has 18 heavy (non-hydrogen) atoms. The van der Waals surface area contributed by atoms with Gasteiger partial charge in [-0.05, 0) is 12.8 Å². The molecule has 0 aromatic carbocycles. The van der Waals surface area contributed by atoms with E-state index in [1.165, 1.54) is 11.9 Å². The van der Waals surface area contributed by atoms with Gasteiger partial charge < -0.3 is 19.9 Å². The molecule has 1 aliphatic heterocycles. The molecule has 0 aliphatic carbocycles. The second-order valence-electron chi connectivity index (χ2n) is 3.81. The first-order valence-electron chi connectivity index (χ1n) is 5.42. The Hall–Kier alpha value is -2.06. The lowest BCUT2D eigenvalue weighted by Crippen LogP contribution is -2.42. The Labute approximate surface area is 103 Å². The number of esters is 1. The van der Waals surface area contributed by atoms with E-state index in [9.17, 15) is 14.8 Å². The van der Waals surface area contributed by atoms with Crippen molar-refractivity contribution in [3.63, 3.8) is 0 Å². The van der Waals surface area contributed by atoms with Gasteiger partial charge in [0.25, 0.3) is 6.79 Å². The molecule has 1 rings (SSSR count). The number of nitrogens with zero attached hydrogens (tertiary/aromatic N) is 3. The summed E-state index contributed by atoms with van der Waals surface area (Å²) in [5, 5.41) is 24.6. The Bertz CT molecular complexity index is 345. The van der Waals surface area contributed by atoms with Crippen LogP contribution in [0.1, 0.15) is 19.8 Å². The molecular formula is C9H15N3O6. The van der Waals surface area contributed by atoms with E-state index in [0.29, 0.717) is 19.4 Å². The zero-order valence-corrected chi connectivity index (χ0v) is 9.94.